The van der Waals surface area contributed by atoms with Crippen LogP contribution in [-0.2, 0) is 14.8 Å². The van der Waals surface area contributed by atoms with E-state index >= 15 is 0 Å². The summed E-state index contributed by atoms with van der Waals surface area (Å²) in [6, 6.07) is 1.48. The Morgan fingerprint density at radius 3 is 3.00 bits per heavy atom. The number of hydrogen-bond donors (Lipinski definition) is 0. The fourth-order valence-electron chi connectivity index (χ4n) is 2.13. The number of nitrogens with zero attached hydrogens (tertiary/aromatic N) is 2. The van der Waals surface area contributed by atoms with Crippen LogP contribution in [-0.4, -0.2) is 44.5 Å². The molecule has 1 aliphatic rings. The van der Waals surface area contributed by atoms with Gasteiger partial charge in [0.15, 0.2) is 0 Å². The zero-order valence-electron chi connectivity index (χ0n) is 10.8. The fraction of sp³-hybridized carbons (Fsp3) is 0.583. The van der Waals surface area contributed by atoms with Crippen molar-refractivity contribution in [2.75, 3.05) is 26.8 Å². The van der Waals surface area contributed by atoms with Crippen LogP contribution in [0.3, 0.4) is 0 Å². The van der Waals surface area contributed by atoms with Gasteiger partial charge in [0, 0.05) is 32.6 Å². The van der Waals surface area contributed by atoms with Gasteiger partial charge in [-0.25, -0.2) is 12.7 Å². The molecule has 0 bridgehead atoms. The molecule has 1 fully saturated rings. The predicted molar refractivity (Wildman–Crippen MR) is 72.6 cm³/mol. The molecule has 1 unspecified atom stereocenters. The first-order valence-corrected chi connectivity index (χ1v) is 7.97. The average molecular weight is 305 g/mol. The molecule has 2 heterocycles. The van der Waals surface area contributed by atoms with Crippen LogP contribution < -0.4 is 0 Å². The third kappa shape index (κ3) is 3.45. The zero-order valence-corrected chi connectivity index (χ0v) is 12.3. The SMILES string of the molecule is CN(CC1CCCOC1)S(=O)(=O)c1cnccc1Cl. The van der Waals surface area contributed by atoms with Gasteiger partial charge in [-0.3, -0.25) is 4.98 Å². The quantitative estimate of drug-likeness (QED) is 0.851. The minimum absolute atomic E-state index is 0.0518. The van der Waals surface area contributed by atoms with E-state index in [1.807, 2.05) is 0 Å². The lowest BCUT2D eigenvalue weighted by Gasteiger charge is -2.26. The zero-order chi connectivity index (χ0) is 13.9. The van der Waals surface area contributed by atoms with Crippen LogP contribution in [0.2, 0.25) is 5.02 Å². The van der Waals surface area contributed by atoms with Gasteiger partial charge in [0.2, 0.25) is 10.0 Å². The van der Waals surface area contributed by atoms with Gasteiger partial charge in [0.05, 0.1) is 11.6 Å². The van der Waals surface area contributed by atoms with Gasteiger partial charge >= 0.3 is 0 Å². The molecule has 0 amide bonds. The van der Waals surface area contributed by atoms with Crippen molar-refractivity contribution in [3.63, 3.8) is 0 Å². The fourth-order valence-corrected chi connectivity index (χ4v) is 3.78. The number of ether oxygens (including phenoxy) is 1. The van der Waals surface area contributed by atoms with Crippen molar-refractivity contribution in [3.05, 3.63) is 23.5 Å². The van der Waals surface area contributed by atoms with Gasteiger partial charge < -0.3 is 4.74 Å². The Morgan fingerprint density at radius 1 is 1.58 bits per heavy atom. The summed E-state index contributed by atoms with van der Waals surface area (Å²) in [7, 11) is -2.02. The number of aromatic nitrogens is 1. The molecule has 1 atom stereocenters. The number of halogens is 1. The monoisotopic (exact) mass is 304 g/mol. The summed E-state index contributed by atoms with van der Waals surface area (Å²) in [5.41, 5.74) is 0. The summed E-state index contributed by atoms with van der Waals surface area (Å²) < 4.78 is 31.5. The maximum Gasteiger partial charge on any atom is 0.245 e. The Bertz CT molecular complexity index is 530. The standard InChI is InChI=1S/C12H17ClN2O3S/c1-15(8-10-3-2-6-18-9-10)19(16,17)12-7-14-5-4-11(12)13/h4-5,7,10H,2-3,6,8-9H2,1H3. The van der Waals surface area contributed by atoms with E-state index in [4.69, 9.17) is 16.3 Å². The van der Waals surface area contributed by atoms with Gasteiger partial charge in [-0.1, -0.05) is 11.6 Å². The van der Waals surface area contributed by atoms with E-state index in [0.29, 0.717) is 13.2 Å². The largest absolute Gasteiger partial charge is 0.381 e. The van der Waals surface area contributed by atoms with E-state index < -0.39 is 10.0 Å². The summed E-state index contributed by atoms with van der Waals surface area (Å²) in [5, 5.41) is 0.196. The van der Waals surface area contributed by atoms with Crippen molar-refractivity contribution in [2.45, 2.75) is 17.7 Å². The first-order chi connectivity index (χ1) is 9.01. The van der Waals surface area contributed by atoms with Crippen LogP contribution in [0.15, 0.2) is 23.4 Å². The first-order valence-electron chi connectivity index (χ1n) is 6.15. The number of sulfonamides is 1. The molecule has 1 aromatic heterocycles. The topological polar surface area (TPSA) is 59.5 Å². The first kappa shape index (κ1) is 14.7. The Hall–Kier alpha value is -0.690. The van der Waals surface area contributed by atoms with Crippen molar-refractivity contribution in [1.29, 1.82) is 0 Å². The van der Waals surface area contributed by atoms with Crippen LogP contribution >= 0.6 is 11.6 Å². The van der Waals surface area contributed by atoms with E-state index in [-0.39, 0.29) is 15.8 Å². The smallest absolute Gasteiger partial charge is 0.245 e. The highest BCUT2D eigenvalue weighted by molar-refractivity contribution is 7.89. The molecule has 5 nitrogen and oxygen atoms in total. The summed E-state index contributed by atoms with van der Waals surface area (Å²) in [6.45, 7) is 1.82. The molecule has 19 heavy (non-hydrogen) atoms. The third-order valence-corrected chi connectivity index (χ3v) is 5.48. The lowest BCUT2D eigenvalue weighted by molar-refractivity contribution is 0.0495. The molecular weight excluding hydrogens is 288 g/mol. The van der Waals surface area contributed by atoms with Gasteiger partial charge in [0.1, 0.15) is 4.90 Å². The Kier molecular flexibility index (Phi) is 4.78. The Morgan fingerprint density at radius 2 is 2.37 bits per heavy atom. The number of rotatable bonds is 4. The second-order valence-electron chi connectivity index (χ2n) is 4.67. The summed E-state index contributed by atoms with van der Waals surface area (Å²) >= 11 is 5.93. The van der Waals surface area contributed by atoms with E-state index in [2.05, 4.69) is 4.98 Å². The molecular formula is C12H17ClN2O3S. The molecule has 0 N–H and O–H groups in total. The molecule has 1 saturated heterocycles. The Balaban J connectivity index is 2.13. The highest BCUT2D eigenvalue weighted by atomic mass is 35.5. The molecule has 0 spiro atoms. The molecule has 0 aromatic carbocycles. The normalized spacial score (nSPS) is 20.7. The number of pyridine rings is 1. The third-order valence-electron chi connectivity index (χ3n) is 3.19. The molecule has 1 aliphatic heterocycles. The van der Waals surface area contributed by atoms with Crippen LogP contribution in [0.4, 0.5) is 0 Å². The number of hydrogen-bond acceptors (Lipinski definition) is 4. The maximum absolute atomic E-state index is 12.4. The molecule has 0 radical (unpaired) electrons. The molecule has 7 heteroatoms. The van der Waals surface area contributed by atoms with Gasteiger partial charge in [0.25, 0.3) is 0 Å². The predicted octanol–water partition coefficient (Wildman–Crippen LogP) is 1.78. The highest BCUT2D eigenvalue weighted by Crippen LogP contribution is 2.24. The summed E-state index contributed by atoms with van der Waals surface area (Å²) in [4.78, 5) is 3.88. The molecule has 106 valence electrons. The maximum atomic E-state index is 12.4. The van der Waals surface area contributed by atoms with Crippen molar-refractivity contribution in [3.8, 4) is 0 Å². The van der Waals surface area contributed by atoms with Crippen LogP contribution in [0.1, 0.15) is 12.8 Å². The lowest BCUT2D eigenvalue weighted by atomic mass is 10.0. The minimum atomic E-state index is -3.59. The van der Waals surface area contributed by atoms with Crippen LogP contribution in [0.5, 0.6) is 0 Å². The average Bonchev–Trinajstić information content (AvgIpc) is 2.40. The van der Waals surface area contributed by atoms with Crippen molar-refractivity contribution < 1.29 is 13.2 Å². The van der Waals surface area contributed by atoms with E-state index in [0.717, 1.165) is 19.4 Å². The molecule has 0 saturated carbocycles. The lowest BCUT2D eigenvalue weighted by Crippen LogP contribution is -2.35. The van der Waals surface area contributed by atoms with E-state index in [1.165, 1.54) is 22.8 Å². The van der Waals surface area contributed by atoms with E-state index in [1.54, 1.807) is 7.05 Å². The van der Waals surface area contributed by atoms with Crippen LogP contribution in [0, 0.1) is 5.92 Å². The molecule has 2 rings (SSSR count). The molecule has 1 aromatic rings. The summed E-state index contributed by atoms with van der Waals surface area (Å²) in [6.07, 6.45) is 4.72. The second-order valence-corrected chi connectivity index (χ2v) is 7.10. The highest BCUT2D eigenvalue weighted by Gasteiger charge is 2.27. The van der Waals surface area contributed by atoms with Crippen molar-refractivity contribution in [1.82, 2.24) is 9.29 Å². The van der Waals surface area contributed by atoms with Gasteiger partial charge in [-0.2, -0.15) is 0 Å². The van der Waals surface area contributed by atoms with Gasteiger partial charge in [-0.15, -0.1) is 0 Å². The molecule has 0 aliphatic carbocycles. The van der Waals surface area contributed by atoms with Crippen molar-refractivity contribution >= 4 is 21.6 Å². The van der Waals surface area contributed by atoms with Crippen LogP contribution in [0.25, 0.3) is 0 Å². The van der Waals surface area contributed by atoms with Crippen molar-refractivity contribution in [2.24, 2.45) is 5.92 Å². The second kappa shape index (κ2) is 6.17. The van der Waals surface area contributed by atoms with Gasteiger partial charge in [-0.05, 0) is 24.8 Å². The Labute approximate surface area is 118 Å². The summed E-state index contributed by atoms with van der Waals surface area (Å²) in [5.74, 6) is 0.240. The minimum Gasteiger partial charge on any atom is -0.381 e. The van der Waals surface area contributed by atoms with E-state index in [9.17, 15) is 8.42 Å².